The van der Waals surface area contributed by atoms with Gasteiger partial charge in [0.1, 0.15) is 0 Å². The van der Waals surface area contributed by atoms with Crippen LogP contribution in [0.4, 0.5) is 0 Å². The summed E-state index contributed by atoms with van der Waals surface area (Å²) in [6.45, 7) is 2.00. The molecule has 32 heavy (non-hydrogen) atoms. The third-order valence-electron chi connectivity index (χ3n) is 5.14. The van der Waals surface area contributed by atoms with Gasteiger partial charge in [0.15, 0.2) is 0 Å². The summed E-state index contributed by atoms with van der Waals surface area (Å²) in [6.07, 6.45) is 0.548. The fraction of sp³-hybridized carbons (Fsp3) is 0.182. The topological polar surface area (TPSA) is 103 Å². The maximum Gasteiger partial charge on any atom is 0.326 e. The summed E-state index contributed by atoms with van der Waals surface area (Å²) in [5.41, 5.74) is -0.226. The van der Waals surface area contributed by atoms with Crippen LogP contribution in [0.2, 0.25) is 5.02 Å². The average Bonchev–Trinajstić information content (AvgIpc) is 3.25. The second-order valence-electron chi connectivity index (χ2n) is 7.42. The lowest BCUT2D eigenvalue weighted by Gasteiger charge is -2.28. The monoisotopic (exact) mass is 489 g/mol. The molecule has 10 heteroatoms. The van der Waals surface area contributed by atoms with Gasteiger partial charge in [0.25, 0.3) is 5.56 Å². The lowest BCUT2D eigenvalue weighted by Crippen LogP contribution is -2.39. The number of hydrogen-bond donors (Lipinski definition) is 2. The van der Waals surface area contributed by atoms with E-state index in [2.05, 4.69) is 9.97 Å². The molecule has 2 heterocycles. The number of fused-ring (bicyclic) bond motifs is 1. The zero-order valence-electron chi connectivity index (χ0n) is 17.0. The molecule has 0 amide bonds. The van der Waals surface area contributed by atoms with Crippen molar-refractivity contribution in [2.45, 2.75) is 30.8 Å². The van der Waals surface area contributed by atoms with E-state index in [1.54, 1.807) is 35.6 Å². The number of nitrogens with one attached hydrogen (secondary N) is 2. The van der Waals surface area contributed by atoms with Gasteiger partial charge >= 0.3 is 5.69 Å². The Morgan fingerprint density at radius 1 is 1.06 bits per heavy atom. The molecule has 166 valence electrons. The highest BCUT2D eigenvalue weighted by molar-refractivity contribution is 7.89. The van der Waals surface area contributed by atoms with Gasteiger partial charge in [0.2, 0.25) is 10.0 Å². The highest BCUT2D eigenvalue weighted by atomic mass is 35.5. The molecule has 0 saturated carbocycles. The standard InChI is InChI=1S/C22H20ClN3O4S2/c1-14(11-17-3-2-10-31-17)26(13-15-4-6-16(23)7-5-15)32(29,30)18-8-9-20-19(12-18)21(27)25-22(28)24-20/h2-10,12,14H,11,13H2,1H3,(H2,24,25,27,28). The summed E-state index contributed by atoms with van der Waals surface area (Å²) >= 11 is 7.55. The fourth-order valence-corrected chi connectivity index (χ4v) is 6.11. The molecular formula is C22H20ClN3O4S2. The van der Waals surface area contributed by atoms with Gasteiger partial charge in [0.05, 0.1) is 15.8 Å². The van der Waals surface area contributed by atoms with Crippen molar-refractivity contribution < 1.29 is 8.42 Å². The smallest absolute Gasteiger partial charge is 0.307 e. The normalized spacial score (nSPS) is 13.0. The Morgan fingerprint density at radius 2 is 1.81 bits per heavy atom. The molecule has 0 aliphatic rings. The van der Waals surface area contributed by atoms with Crippen molar-refractivity contribution in [1.29, 1.82) is 0 Å². The Hall–Kier alpha value is -2.72. The average molecular weight is 490 g/mol. The Labute approximate surface area is 193 Å². The Kier molecular flexibility index (Phi) is 6.34. The van der Waals surface area contributed by atoms with E-state index in [1.807, 2.05) is 24.4 Å². The van der Waals surface area contributed by atoms with E-state index < -0.39 is 21.3 Å². The number of hydrogen-bond acceptors (Lipinski definition) is 5. The second-order valence-corrected chi connectivity index (χ2v) is 10.8. The van der Waals surface area contributed by atoms with E-state index >= 15 is 0 Å². The van der Waals surface area contributed by atoms with Crippen LogP contribution in [0, 0.1) is 0 Å². The molecule has 0 spiro atoms. The molecule has 1 atom stereocenters. The minimum atomic E-state index is -3.97. The number of aromatic nitrogens is 2. The van der Waals surface area contributed by atoms with Gasteiger partial charge in [-0.3, -0.25) is 9.78 Å². The van der Waals surface area contributed by atoms with Crippen LogP contribution < -0.4 is 11.2 Å². The maximum atomic E-state index is 13.7. The molecule has 0 aliphatic heterocycles. The minimum absolute atomic E-state index is 0.0189. The van der Waals surface area contributed by atoms with Gasteiger partial charge in [-0.15, -0.1) is 11.3 Å². The van der Waals surface area contributed by atoms with E-state index in [1.165, 1.54) is 22.5 Å². The molecule has 1 unspecified atom stereocenters. The molecule has 4 aromatic rings. The molecule has 7 nitrogen and oxygen atoms in total. The predicted octanol–water partition coefficient (Wildman–Crippen LogP) is 3.75. The largest absolute Gasteiger partial charge is 0.326 e. The van der Waals surface area contributed by atoms with E-state index in [-0.39, 0.29) is 28.4 Å². The molecule has 0 saturated heterocycles. The minimum Gasteiger partial charge on any atom is -0.307 e. The summed E-state index contributed by atoms with van der Waals surface area (Å²) in [5.74, 6) is 0. The van der Waals surface area contributed by atoms with Gasteiger partial charge in [-0.05, 0) is 60.7 Å². The number of aromatic amines is 2. The third-order valence-corrected chi connectivity index (χ3v) is 8.24. The highest BCUT2D eigenvalue weighted by Crippen LogP contribution is 2.26. The van der Waals surface area contributed by atoms with E-state index in [0.29, 0.717) is 11.4 Å². The number of halogens is 1. The van der Waals surface area contributed by atoms with Crippen LogP contribution in [-0.4, -0.2) is 28.7 Å². The van der Waals surface area contributed by atoms with Crippen molar-refractivity contribution in [3.63, 3.8) is 0 Å². The first kappa shape index (κ1) is 22.5. The first-order valence-electron chi connectivity index (χ1n) is 9.79. The van der Waals surface area contributed by atoms with Crippen LogP contribution in [0.3, 0.4) is 0 Å². The van der Waals surface area contributed by atoms with Crippen molar-refractivity contribution in [2.24, 2.45) is 0 Å². The number of rotatable bonds is 7. The van der Waals surface area contributed by atoms with Gasteiger partial charge in [-0.25, -0.2) is 13.2 Å². The summed E-state index contributed by atoms with van der Waals surface area (Å²) in [5, 5.41) is 2.62. The van der Waals surface area contributed by atoms with Gasteiger partial charge in [0, 0.05) is 22.5 Å². The molecule has 2 aromatic carbocycles. The van der Waals surface area contributed by atoms with Crippen molar-refractivity contribution in [3.05, 3.63) is 96.3 Å². The van der Waals surface area contributed by atoms with Crippen LogP contribution >= 0.6 is 22.9 Å². The van der Waals surface area contributed by atoms with Crippen LogP contribution in [0.15, 0.2) is 74.5 Å². The number of benzene rings is 2. The van der Waals surface area contributed by atoms with Crippen LogP contribution in [0.5, 0.6) is 0 Å². The third kappa shape index (κ3) is 4.71. The van der Waals surface area contributed by atoms with E-state index in [9.17, 15) is 18.0 Å². The number of thiophene rings is 1. The molecule has 0 aliphatic carbocycles. The highest BCUT2D eigenvalue weighted by Gasteiger charge is 2.30. The summed E-state index contributed by atoms with van der Waals surface area (Å²) in [6, 6.07) is 14.7. The SMILES string of the molecule is CC(Cc1cccs1)N(Cc1ccc(Cl)cc1)S(=O)(=O)c1ccc2[nH]c(=O)[nH]c(=O)c2c1. The number of H-pyrrole nitrogens is 2. The van der Waals surface area contributed by atoms with E-state index in [4.69, 9.17) is 11.6 Å². The Balaban J connectivity index is 1.77. The first-order chi connectivity index (χ1) is 15.2. The van der Waals surface area contributed by atoms with Gasteiger partial charge in [-0.2, -0.15) is 4.31 Å². The lowest BCUT2D eigenvalue weighted by molar-refractivity contribution is 0.329. The maximum absolute atomic E-state index is 13.7. The number of nitrogens with zero attached hydrogens (tertiary/aromatic N) is 1. The Morgan fingerprint density at radius 3 is 2.50 bits per heavy atom. The van der Waals surface area contributed by atoms with Gasteiger partial charge < -0.3 is 4.98 Å². The zero-order valence-corrected chi connectivity index (χ0v) is 19.4. The van der Waals surface area contributed by atoms with Crippen molar-refractivity contribution in [3.8, 4) is 0 Å². The molecular weight excluding hydrogens is 470 g/mol. The van der Waals surface area contributed by atoms with Crippen LogP contribution in [0.25, 0.3) is 10.9 Å². The van der Waals surface area contributed by atoms with E-state index in [0.717, 1.165) is 10.4 Å². The molecule has 4 rings (SSSR count). The van der Waals surface area contributed by atoms with Crippen molar-refractivity contribution in [2.75, 3.05) is 0 Å². The van der Waals surface area contributed by atoms with Crippen molar-refractivity contribution >= 4 is 43.9 Å². The Bertz CT molecular complexity index is 1460. The molecule has 2 aromatic heterocycles. The summed E-state index contributed by atoms with van der Waals surface area (Å²) in [4.78, 5) is 29.4. The predicted molar refractivity (Wildman–Crippen MR) is 127 cm³/mol. The molecule has 2 N–H and O–H groups in total. The fourth-order valence-electron chi connectivity index (χ4n) is 3.51. The lowest BCUT2D eigenvalue weighted by atomic mass is 10.1. The summed E-state index contributed by atoms with van der Waals surface area (Å²) in [7, 11) is -3.97. The van der Waals surface area contributed by atoms with Crippen molar-refractivity contribution in [1.82, 2.24) is 14.3 Å². The summed E-state index contributed by atoms with van der Waals surface area (Å²) < 4.78 is 28.9. The first-order valence-corrected chi connectivity index (χ1v) is 12.5. The number of sulfonamides is 1. The van der Waals surface area contributed by atoms with Gasteiger partial charge in [-0.1, -0.05) is 29.8 Å². The van der Waals surface area contributed by atoms with Crippen LogP contribution in [-0.2, 0) is 23.0 Å². The van der Waals surface area contributed by atoms with Crippen LogP contribution in [0.1, 0.15) is 17.4 Å². The zero-order chi connectivity index (χ0) is 22.9. The molecule has 0 fully saturated rings. The quantitative estimate of drug-likeness (QED) is 0.412. The molecule has 0 bridgehead atoms. The second kappa shape index (κ2) is 9.03. The molecule has 0 radical (unpaired) electrons.